The maximum absolute atomic E-state index is 11.6. The molecule has 4 nitrogen and oxygen atoms in total. The van der Waals surface area contributed by atoms with E-state index in [9.17, 15) is 4.79 Å². The van der Waals surface area contributed by atoms with Gasteiger partial charge in [-0.15, -0.1) is 11.3 Å². The first-order chi connectivity index (χ1) is 8.79. The van der Waals surface area contributed by atoms with Crippen LogP contribution in [0.15, 0.2) is 35.8 Å². The summed E-state index contributed by atoms with van der Waals surface area (Å²) < 4.78 is 0. The Kier molecular flexibility index (Phi) is 4.44. The van der Waals surface area contributed by atoms with Crippen LogP contribution in [0.2, 0.25) is 0 Å². The van der Waals surface area contributed by atoms with Crippen LogP contribution in [0.5, 0.6) is 0 Å². The fourth-order valence-corrected chi connectivity index (χ4v) is 2.22. The molecule has 94 valence electrons. The molecule has 0 saturated heterocycles. The van der Waals surface area contributed by atoms with E-state index in [0.29, 0.717) is 19.4 Å². The topological polar surface area (TPSA) is 68.0 Å². The molecule has 2 rings (SSSR count). The molecule has 1 aromatic heterocycles. The SMILES string of the molecule is NCCCC(=O)Nc1cccc(-c2nccs2)c1. The third-order valence-electron chi connectivity index (χ3n) is 2.43. The molecule has 0 aliphatic rings. The minimum Gasteiger partial charge on any atom is -0.330 e. The van der Waals surface area contributed by atoms with E-state index in [1.807, 2.05) is 29.6 Å². The molecule has 0 aliphatic heterocycles. The lowest BCUT2D eigenvalue weighted by atomic mass is 10.2. The summed E-state index contributed by atoms with van der Waals surface area (Å²) >= 11 is 1.58. The van der Waals surface area contributed by atoms with Gasteiger partial charge in [-0.1, -0.05) is 12.1 Å². The Hall–Kier alpha value is -1.72. The lowest BCUT2D eigenvalue weighted by Crippen LogP contribution is -2.13. The van der Waals surface area contributed by atoms with Crippen molar-refractivity contribution in [2.24, 2.45) is 5.73 Å². The summed E-state index contributed by atoms with van der Waals surface area (Å²) in [5.41, 5.74) is 7.18. The molecular weight excluding hydrogens is 246 g/mol. The molecule has 0 aliphatic carbocycles. The second-order valence-electron chi connectivity index (χ2n) is 3.86. The van der Waals surface area contributed by atoms with Crippen molar-refractivity contribution in [2.45, 2.75) is 12.8 Å². The summed E-state index contributed by atoms with van der Waals surface area (Å²) in [5.74, 6) is -0.00302. The molecule has 0 atom stereocenters. The van der Waals surface area contributed by atoms with Gasteiger partial charge in [0.25, 0.3) is 0 Å². The summed E-state index contributed by atoms with van der Waals surface area (Å²) in [4.78, 5) is 15.8. The van der Waals surface area contributed by atoms with Gasteiger partial charge in [0.1, 0.15) is 5.01 Å². The molecule has 0 bridgehead atoms. The minimum absolute atomic E-state index is 0.00302. The van der Waals surface area contributed by atoms with Crippen molar-refractivity contribution in [2.75, 3.05) is 11.9 Å². The molecule has 1 amide bonds. The Morgan fingerprint density at radius 1 is 1.44 bits per heavy atom. The van der Waals surface area contributed by atoms with Crippen LogP contribution in [0.4, 0.5) is 5.69 Å². The summed E-state index contributed by atoms with van der Waals surface area (Å²) in [6, 6.07) is 7.69. The van der Waals surface area contributed by atoms with E-state index in [1.54, 1.807) is 17.5 Å². The fraction of sp³-hybridized carbons (Fsp3) is 0.231. The van der Waals surface area contributed by atoms with Gasteiger partial charge in [-0.05, 0) is 25.1 Å². The molecule has 0 unspecified atom stereocenters. The highest BCUT2D eigenvalue weighted by Gasteiger charge is 2.04. The second kappa shape index (κ2) is 6.28. The molecule has 2 aromatic rings. The number of amides is 1. The van der Waals surface area contributed by atoms with Gasteiger partial charge in [0.05, 0.1) is 0 Å². The van der Waals surface area contributed by atoms with Gasteiger partial charge >= 0.3 is 0 Å². The molecule has 0 spiro atoms. The van der Waals surface area contributed by atoms with Crippen molar-refractivity contribution in [3.8, 4) is 10.6 Å². The number of nitrogens with zero attached hydrogens (tertiary/aromatic N) is 1. The van der Waals surface area contributed by atoms with E-state index in [-0.39, 0.29) is 5.91 Å². The lowest BCUT2D eigenvalue weighted by Gasteiger charge is -2.06. The van der Waals surface area contributed by atoms with Crippen molar-refractivity contribution in [3.05, 3.63) is 35.8 Å². The monoisotopic (exact) mass is 261 g/mol. The van der Waals surface area contributed by atoms with Crippen molar-refractivity contribution < 1.29 is 4.79 Å². The van der Waals surface area contributed by atoms with E-state index >= 15 is 0 Å². The number of carbonyl (C=O) groups is 1. The first-order valence-corrected chi connectivity index (χ1v) is 6.67. The number of nitrogens with two attached hydrogens (primary N) is 1. The maximum atomic E-state index is 11.6. The van der Waals surface area contributed by atoms with Crippen LogP contribution in [0.1, 0.15) is 12.8 Å². The van der Waals surface area contributed by atoms with Gasteiger partial charge < -0.3 is 11.1 Å². The van der Waals surface area contributed by atoms with Crippen molar-refractivity contribution in [3.63, 3.8) is 0 Å². The standard InChI is InChI=1S/C13H15N3OS/c14-6-2-5-12(17)16-11-4-1-3-10(9-11)13-15-7-8-18-13/h1,3-4,7-9H,2,5-6,14H2,(H,16,17). The first-order valence-electron chi connectivity index (χ1n) is 5.79. The molecule has 1 heterocycles. The van der Waals surface area contributed by atoms with Crippen LogP contribution >= 0.6 is 11.3 Å². The molecule has 0 radical (unpaired) electrons. The van der Waals surface area contributed by atoms with Crippen LogP contribution in [-0.4, -0.2) is 17.4 Å². The third-order valence-corrected chi connectivity index (χ3v) is 3.26. The van der Waals surface area contributed by atoms with Gasteiger partial charge in [-0.2, -0.15) is 0 Å². The Labute approximate surface area is 110 Å². The van der Waals surface area contributed by atoms with Crippen molar-refractivity contribution >= 4 is 22.9 Å². The molecule has 5 heteroatoms. The number of hydrogen-bond donors (Lipinski definition) is 2. The molecule has 1 aromatic carbocycles. The number of anilines is 1. The Bertz CT molecular complexity index is 511. The van der Waals surface area contributed by atoms with E-state index in [4.69, 9.17) is 5.73 Å². The third kappa shape index (κ3) is 3.38. The smallest absolute Gasteiger partial charge is 0.224 e. The van der Waals surface area contributed by atoms with E-state index in [1.165, 1.54) is 0 Å². The van der Waals surface area contributed by atoms with E-state index in [2.05, 4.69) is 10.3 Å². The zero-order valence-electron chi connectivity index (χ0n) is 9.93. The maximum Gasteiger partial charge on any atom is 0.224 e. The van der Waals surface area contributed by atoms with Crippen LogP contribution in [0, 0.1) is 0 Å². The number of thiazole rings is 1. The lowest BCUT2D eigenvalue weighted by molar-refractivity contribution is -0.116. The summed E-state index contributed by atoms with van der Waals surface area (Å²) in [6.45, 7) is 0.534. The zero-order chi connectivity index (χ0) is 12.8. The van der Waals surface area contributed by atoms with Gasteiger partial charge in [0.15, 0.2) is 0 Å². The fourth-order valence-electron chi connectivity index (χ4n) is 1.58. The number of nitrogens with one attached hydrogen (secondary N) is 1. The van der Waals surface area contributed by atoms with E-state index < -0.39 is 0 Å². The van der Waals surface area contributed by atoms with Gasteiger partial charge in [0, 0.05) is 29.2 Å². The quantitative estimate of drug-likeness (QED) is 0.869. The van der Waals surface area contributed by atoms with Gasteiger partial charge in [0.2, 0.25) is 5.91 Å². The molecule has 0 fully saturated rings. The van der Waals surface area contributed by atoms with Crippen LogP contribution in [0.3, 0.4) is 0 Å². The highest BCUT2D eigenvalue weighted by molar-refractivity contribution is 7.13. The summed E-state index contributed by atoms with van der Waals surface area (Å²) in [6.07, 6.45) is 2.93. The Morgan fingerprint density at radius 3 is 3.06 bits per heavy atom. The van der Waals surface area contributed by atoms with Crippen molar-refractivity contribution in [1.82, 2.24) is 4.98 Å². The normalized spacial score (nSPS) is 10.3. The zero-order valence-corrected chi connectivity index (χ0v) is 10.7. The van der Waals surface area contributed by atoms with E-state index in [0.717, 1.165) is 16.3 Å². The first kappa shape index (κ1) is 12.7. The Balaban J connectivity index is 2.06. The molecular formula is C13H15N3OS. The predicted molar refractivity (Wildman–Crippen MR) is 74.5 cm³/mol. The highest BCUT2D eigenvalue weighted by atomic mass is 32.1. The van der Waals surface area contributed by atoms with Crippen molar-refractivity contribution in [1.29, 1.82) is 0 Å². The number of aromatic nitrogens is 1. The summed E-state index contributed by atoms with van der Waals surface area (Å²) in [5, 5.41) is 5.75. The average Bonchev–Trinajstić information content (AvgIpc) is 2.90. The second-order valence-corrected chi connectivity index (χ2v) is 4.75. The van der Waals surface area contributed by atoms with Crippen LogP contribution in [0.25, 0.3) is 10.6 Å². The van der Waals surface area contributed by atoms with Crippen LogP contribution in [-0.2, 0) is 4.79 Å². The number of benzene rings is 1. The summed E-state index contributed by atoms with van der Waals surface area (Å²) in [7, 11) is 0. The number of hydrogen-bond acceptors (Lipinski definition) is 4. The average molecular weight is 261 g/mol. The Morgan fingerprint density at radius 2 is 2.33 bits per heavy atom. The highest BCUT2D eigenvalue weighted by Crippen LogP contribution is 2.24. The van der Waals surface area contributed by atoms with Gasteiger partial charge in [-0.25, -0.2) is 4.98 Å². The number of carbonyl (C=O) groups excluding carboxylic acids is 1. The molecule has 0 saturated carbocycles. The minimum atomic E-state index is -0.00302. The predicted octanol–water partition coefficient (Wildman–Crippen LogP) is 2.49. The largest absolute Gasteiger partial charge is 0.330 e. The van der Waals surface area contributed by atoms with Gasteiger partial charge in [-0.3, -0.25) is 4.79 Å². The van der Waals surface area contributed by atoms with Crippen LogP contribution < -0.4 is 11.1 Å². The molecule has 18 heavy (non-hydrogen) atoms. The number of rotatable bonds is 5. The molecule has 3 N–H and O–H groups in total.